The van der Waals surface area contributed by atoms with Gasteiger partial charge in [-0.1, -0.05) is 62.7 Å². The molecule has 2 aromatic carbocycles. The zero-order chi connectivity index (χ0) is 19.3. The molecular weight excluding hydrogens is 348 g/mol. The van der Waals surface area contributed by atoms with Crippen LogP contribution in [-0.4, -0.2) is 11.8 Å². The Morgan fingerprint density at radius 2 is 1.62 bits per heavy atom. The molecule has 0 fully saturated rings. The second-order valence-electron chi connectivity index (χ2n) is 7.08. The Morgan fingerprint density at radius 1 is 1.00 bits per heavy atom. The van der Waals surface area contributed by atoms with Gasteiger partial charge >= 0.3 is 0 Å². The molecule has 0 saturated carbocycles. The largest absolute Gasteiger partial charge is 0.321 e. The van der Waals surface area contributed by atoms with E-state index in [0.717, 1.165) is 11.1 Å². The van der Waals surface area contributed by atoms with Crippen molar-refractivity contribution in [3.8, 4) is 0 Å². The molecule has 0 aromatic heterocycles. The maximum absolute atomic E-state index is 12.8. The van der Waals surface area contributed by atoms with Gasteiger partial charge in [-0.3, -0.25) is 9.59 Å². The van der Waals surface area contributed by atoms with Crippen molar-refractivity contribution < 1.29 is 9.59 Å². The highest BCUT2D eigenvalue weighted by Crippen LogP contribution is 2.18. The molecule has 2 aromatic rings. The molecule has 4 nitrogen and oxygen atoms in total. The Balaban J connectivity index is 2.33. The number of para-hydroxylation sites is 1. The Kier molecular flexibility index (Phi) is 6.22. The smallest absolute Gasteiger partial charge is 0.272 e. The van der Waals surface area contributed by atoms with Gasteiger partial charge in [-0.25, -0.2) is 0 Å². The molecule has 0 aliphatic rings. The van der Waals surface area contributed by atoms with Crippen molar-refractivity contribution in [3.05, 3.63) is 70.4 Å². The molecule has 2 N–H and O–H groups in total. The Bertz CT molecular complexity index is 834. The summed E-state index contributed by atoms with van der Waals surface area (Å²) in [5.74, 6) is -0.621. The fraction of sp³-hybridized carbons (Fsp3) is 0.238. The van der Waals surface area contributed by atoms with E-state index in [0.29, 0.717) is 10.7 Å². The van der Waals surface area contributed by atoms with E-state index < -0.39 is 5.41 Å². The topological polar surface area (TPSA) is 58.2 Å². The number of nitrogens with one attached hydrogen (secondary N) is 2. The van der Waals surface area contributed by atoms with Crippen molar-refractivity contribution in [1.82, 2.24) is 5.32 Å². The molecule has 0 aliphatic heterocycles. The second kappa shape index (κ2) is 8.19. The summed E-state index contributed by atoms with van der Waals surface area (Å²) < 4.78 is 0. The van der Waals surface area contributed by atoms with E-state index in [9.17, 15) is 9.59 Å². The highest BCUT2D eigenvalue weighted by atomic mass is 35.5. The Hall–Kier alpha value is -2.59. The third-order valence-electron chi connectivity index (χ3n) is 3.75. The molecule has 0 heterocycles. The van der Waals surface area contributed by atoms with Gasteiger partial charge in [0.2, 0.25) is 5.91 Å². The third kappa shape index (κ3) is 5.46. The maximum Gasteiger partial charge on any atom is 0.272 e. The van der Waals surface area contributed by atoms with Crippen molar-refractivity contribution in [2.45, 2.75) is 27.7 Å². The van der Waals surface area contributed by atoms with Crippen molar-refractivity contribution in [2.24, 2.45) is 5.41 Å². The summed E-state index contributed by atoms with van der Waals surface area (Å²) in [4.78, 5) is 25.2. The van der Waals surface area contributed by atoms with E-state index in [1.807, 2.05) is 31.2 Å². The van der Waals surface area contributed by atoms with Crippen LogP contribution in [0.15, 0.2) is 54.2 Å². The van der Waals surface area contributed by atoms with Crippen LogP contribution < -0.4 is 10.6 Å². The summed E-state index contributed by atoms with van der Waals surface area (Å²) in [5.41, 5.74) is 1.95. The second-order valence-corrected chi connectivity index (χ2v) is 7.52. The lowest BCUT2D eigenvalue weighted by molar-refractivity contribution is -0.128. The number of benzene rings is 2. The average Bonchev–Trinajstić information content (AvgIpc) is 2.57. The van der Waals surface area contributed by atoms with E-state index in [1.54, 1.807) is 51.1 Å². The number of carbonyl (C=O) groups is 2. The number of amides is 2. The molecular formula is C21H23ClN2O2. The average molecular weight is 371 g/mol. The zero-order valence-electron chi connectivity index (χ0n) is 15.4. The lowest BCUT2D eigenvalue weighted by Crippen LogP contribution is -2.38. The molecule has 2 rings (SSSR count). The van der Waals surface area contributed by atoms with Gasteiger partial charge in [-0.2, -0.15) is 0 Å². The van der Waals surface area contributed by atoms with Crippen LogP contribution in [0.25, 0.3) is 6.08 Å². The van der Waals surface area contributed by atoms with Crippen LogP contribution in [0.1, 0.15) is 31.9 Å². The van der Waals surface area contributed by atoms with Crippen LogP contribution in [0.4, 0.5) is 5.69 Å². The van der Waals surface area contributed by atoms with Gasteiger partial charge in [-0.15, -0.1) is 0 Å². The van der Waals surface area contributed by atoms with Gasteiger partial charge in [0.1, 0.15) is 5.70 Å². The molecule has 0 radical (unpaired) electrons. The van der Waals surface area contributed by atoms with Crippen molar-refractivity contribution >= 4 is 35.2 Å². The number of halogens is 1. The highest BCUT2D eigenvalue weighted by Gasteiger charge is 2.24. The first kappa shape index (κ1) is 19.7. The van der Waals surface area contributed by atoms with E-state index in [1.165, 1.54) is 0 Å². The van der Waals surface area contributed by atoms with E-state index in [2.05, 4.69) is 10.6 Å². The summed E-state index contributed by atoms with van der Waals surface area (Å²) in [5, 5.41) is 6.19. The minimum atomic E-state index is -0.623. The molecule has 2 amide bonds. The molecule has 26 heavy (non-hydrogen) atoms. The SMILES string of the molecule is Cc1ccccc1NC(=O)/C(=C\c1ccc(Cl)cc1)NC(=O)C(C)(C)C. The molecule has 136 valence electrons. The van der Waals surface area contributed by atoms with Gasteiger partial charge in [0.05, 0.1) is 0 Å². The number of hydrogen-bond acceptors (Lipinski definition) is 2. The van der Waals surface area contributed by atoms with Gasteiger partial charge < -0.3 is 10.6 Å². The van der Waals surface area contributed by atoms with E-state index in [-0.39, 0.29) is 17.5 Å². The molecule has 0 saturated heterocycles. The summed E-state index contributed by atoms with van der Waals surface area (Å²) >= 11 is 5.91. The first-order valence-electron chi connectivity index (χ1n) is 8.32. The summed E-state index contributed by atoms with van der Waals surface area (Å²) in [6.07, 6.45) is 1.63. The van der Waals surface area contributed by atoms with E-state index in [4.69, 9.17) is 11.6 Å². The van der Waals surface area contributed by atoms with Gasteiger partial charge in [-0.05, 0) is 42.3 Å². The predicted octanol–water partition coefficient (Wildman–Crippen LogP) is 4.79. The highest BCUT2D eigenvalue weighted by molar-refractivity contribution is 6.30. The van der Waals surface area contributed by atoms with Gasteiger partial charge in [0.25, 0.3) is 5.91 Å². The van der Waals surface area contributed by atoms with Crippen LogP contribution in [0.5, 0.6) is 0 Å². The number of rotatable bonds is 4. The summed E-state index contributed by atoms with van der Waals surface area (Å²) in [7, 11) is 0. The lowest BCUT2D eigenvalue weighted by atomic mass is 9.95. The minimum Gasteiger partial charge on any atom is -0.321 e. The summed E-state index contributed by atoms with van der Waals surface area (Å²) in [6, 6.07) is 14.5. The number of hydrogen-bond donors (Lipinski definition) is 2. The Labute approximate surface area is 159 Å². The first-order valence-corrected chi connectivity index (χ1v) is 8.70. The van der Waals surface area contributed by atoms with Gasteiger partial charge in [0, 0.05) is 16.1 Å². The Morgan fingerprint density at radius 3 is 2.19 bits per heavy atom. The molecule has 0 bridgehead atoms. The van der Waals surface area contributed by atoms with Crippen molar-refractivity contribution in [2.75, 3.05) is 5.32 Å². The van der Waals surface area contributed by atoms with Crippen LogP contribution >= 0.6 is 11.6 Å². The number of anilines is 1. The van der Waals surface area contributed by atoms with Crippen LogP contribution in [0, 0.1) is 12.3 Å². The summed E-state index contributed by atoms with van der Waals surface area (Å²) in [6.45, 7) is 7.29. The van der Waals surface area contributed by atoms with Crippen LogP contribution in [0.3, 0.4) is 0 Å². The normalized spacial score (nSPS) is 11.8. The number of carbonyl (C=O) groups excluding carboxylic acids is 2. The number of aryl methyl sites for hydroxylation is 1. The van der Waals surface area contributed by atoms with Crippen molar-refractivity contribution in [3.63, 3.8) is 0 Å². The van der Waals surface area contributed by atoms with Crippen LogP contribution in [0.2, 0.25) is 5.02 Å². The molecule has 0 unspecified atom stereocenters. The zero-order valence-corrected chi connectivity index (χ0v) is 16.1. The van der Waals surface area contributed by atoms with Gasteiger partial charge in [0.15, 0.2) is 0 Å². The third-order valence-corrected chi connectivity index (χ3v) is 4.00. The standard InChI is InChI=1S/C21H23ClN2O2/c1-14-7-5-6-8-17(14)23-19(25)18(24-20(26)21(2,3)4)13-15-9-11-16(22)12-10-15/h5-13H,1-4H3,(H,23,25)(H,24,26)/b18-13+. The van der Waals surface area contributed by atoms with E-state index >= 15 is 0 Å². The maximum atomic E-state index is 12.8. The fourth-order valence-electron chi connectivity index (χ4n) is 2.10. The molecule has 0 spiro atoms. The molecule has 0 atom stereocenters. The molecule has 5 heteroatoms. The lowest BCUT2D eigenvalue weighted by Gasteiger charge is -2.19. The monoisotopic (exact) mass is 370 g/mol. The fourth-order valence-corrected chi connectivity index (χ4v) is 2.22. The van der Waals surface area contributed by atoms with Crippen molar-refractivity contribution in [1.29, 1.82) is 0 Å². The van der Waals surface area contributed by atoms with Crippen LogP contribution in [-0.2, 0) is 9.59 Å². The minimum absolute atomic E-state index is 0.176. The quantitative estimate of drug-likeness (QED) is 0.760. The predicted molar refractivity (Wildman–Crippen MR) is 107 cm³/mol. The first-order chi connectivity index (χ1) is 12.2. The molecule has 0 aliphatic carbocycles.